The van der Waals surface area contributed by atoms with Crippen LogP contribution in [-0.4, -0.2) is 43.9 Å². The zero-order chi connectivity index (χ0) is 32.1. The van der Waals surface area contributed by atoms with Crippen LogP contribution in [0.25, 0.3) is 34.1 Å². The summed E-state index contributed by atoms with van der Waals surface area (Å²) >= 11 is 0. The fourth-order valence-corrected chi connectivity index (χ4v) is 5.16. The number of esters is 1. The van der Waals surface area contributed by atoms with Crippen molar-refractivity contribution in [3.05, 3.63) is 97.2 Å². The van der Waals surface area contributed by atoms with Gasteiger partial charge >= 0.3 is 17.2 Å². The van der Waals surface area contributed by atoms with Gasteiger partial charge in [0.25, 0.3) is 0 Å². The van der Waals surface area contributed by atoms with Crippen LogP contribution in [0.2, 0.25) is 0 Å². The zero-order valence-corrected chi connectivity index (χ0v) is 26.1. The fourth-order valence-electron chi connectivity index (χ4n) is 5.16. The molecule has 9 nitrogen and oxygen atoms in total. The van der Waals surface area contributed by atoms with Crippen LogP contribution >= 0.6 is 0 Å². The number of anilines is 1. The number of ether oxygens (including phenoxy) is 1. The predicted octanol–water partition coefficient (Wildman–Crippen LogP) is 5.92. The first kappa shape index (κ1) is 32.2. The van der Waals surface area contributed by atoms with Gasteiger partial charge in [0.1, 0.15) is 11.2 Å². The Balaban J connectivity index is 0.000000201. The number of nitrogens with zero attached hydrogens (tertiary/aromatic N) is 1. The summed E-state index contributed by atoms with van der Waals surface area (Å²) in [7, 11) is 4.97. The Hall–Kier alpha value is -4.76. The molecule has 9 heteroatoms. The van der Waals surface area contributed by atoms with Crippen molar-refractivity contribution in [2.24, 2.45) is 0 Å². The van der Waals surface area contributed by atoms with Crippen LogP contribution in [0.4, 0.5) is 5.69 Å². The molecule has 1 aliphatic carbocycles. The number of nitrogens with one attached hydrogen (secondary N) is 1. The summed E-state index contributed by atoms with van der Waals surface area (Å²) in [5.41, 5.74) is 4.59. The van der Waals surface area contributed by atoms with E-state index in [1.807, 2.05) is 83.1 Å². The number of aryl methyl sites for hydroxylation is 2. The normalized spacial score (nSPS) is 14.3. The minimum Gasteiger partial charge on any atom is -0.466 e. The largest absolute Gasteiger partial charge is 0.466 e. The van der Waals surface area contributed by atoms with Gasteiger partial charge in [-0.05, 0) is 88.3 Å². The van der Waals surface area contributed by atoms with E-state index in [9.17, 15) is 19.2 Å². The van der Waals surface area contributed by atoms with E-state index in [0.29, 0.717) is 28.0 Å². The van der Waals surface area contributed by atoms with Crippen molar-refractivity contribution >= 4 is 51.5 Å². The zero-order valence-electron chi connectivity index (χ0n) is 26.1. The maximum Gasteiger partial charge on any atom is 0.345 e. The molecule has 0 amide bonds. The number of fused-ring (bicyclic) bond motifs is 4. The van der Waals surface area contributed by atoms with E-state index >= 15 is 0 Å². The molecular weight excluding hydrogens is 560 g/mol. The molecule has 0 saturated carbocycles. The number of carbonyl (C=O) groups is 2. The third-order valence-corrected chi connectivity index (χ3v) is 7.37. The van der Waals surface area contributed by atoms with Gasteiger partial charge in [0.15, 0.2) is 5.78 Å². The molecule has 4 aromatic rings. The van der Waals surface area contributed by atoms with Crippen LogP contribution in [0.15, 0.2) is 67.0 Å². The molecule has 0 radical (unpaired) electrons. The monoisotopic (exact) mass is 598 g/mol. The lowest BCUT2D eigenvalue weighted by Crippen LogP contribution is -2.31. The molecule has 230 valence electrons. The standard InChI is InChI=1S/C18H21NO4.C17H17NO3/c1-5-12-6-7-13-15(10-12)23-18(21)14(8-9-16(20)22-4)17(13)19-11(2)3;1-4-10-5-6-11-14(9-10)21-17(20)12-7-8-13(19)16(15(11)12)18(2)3/h6-11,19H,5H2,1-4H3;5-9,16H,4H2,1-3H3/b9-8-;. The van der Waals surface area contributed by atoms with Crippen molar-refractivity contribution in [2.75, 3.05) is 26.5 Å². The molecular formula is C35H38N2O7. The second-order valence-corrected chi connectivity index (χ2v) is 11.0. The summed E-state index contributed by atoms with van der Waals surface area (Å²) in [4.78, 5) is 49.9. The van der Waals surface area contributed by atoms with Gasteiger partial charge in [-0.1, -0.05) is 32.0 Å². The molecule has 2 aromatic carbocycles. The Morgan fingerprint density at radius 1 is 0.932 bits per heavy atom. The third kappa shape index (κ3) is 6.73. The minimum absolute atomic E-state index is 0.0148. The summed E-state index contributed by atoms with van der Waals surface area (Å²) in [6.45, 7) is 8.05. The summed E-state index contributed by atoms with van der Waals surface area (Å²) in [5, 5.41) is 4.91. The van der Waals surface area contributed by atoms with Gasteiger partial charge in [0.2, 0.25) is 0 Å². The van der Waals surface area contributed by atoms with Crippen LogP contribution in [0.5, 0.6) is 0 Å². The molecule has 5 rings (SSSR count). The van der Waals surface area contributed by atoms with Crippen molar-refractivity contribution in [1.29, 1.82) is 0 Å². The lowest BCUT2D eigenvalue weighted by molar-refractivity contribution is -0.134. The van der Waals surface area contributed by atoms with Gasteiger partial charge in [0.05, 0.1) is 30.0 Å². The molecule has 1 atom stereocenters. The first-order valence-electron chi connectivity index (χ1n) is 14.6. The van der Waals surface area contributed by atoms with E-state index in [-0.39, 0.29) is 17.5 Å². The van der Waals surface area contributed by atoms with Gasteiger partial charge < -0.3 is 18.9 Å². The maximum absolute atomic E-state index is 12.3. The van der Waals surface area contributed by atoms with E-state index in [0.717, 1.165) is 40.3 Å². The van der Waals surface area contributed by atoms with Gasteiger partial charge in [-0.3, -0.25) is 9.69 Å². The molecule has 1 unspecified atom stereocenters. The van der Waals surface area contributed by atoms with Gasteiger partial charge in [0, 0.05) is 28.5 Å². The van der Waals surface area contributed by atoms with Crippen LogP contribution in [0.1, 0.15) is 61.6 Å². The fraction of sp³-hybridized carbons (Fsp3) is 0.314. The molecule has 2 aromatic heterocycles. The first-order chi connectivity index (χ1) is 21.0. The van der Waals surface area contributed by atoms with E-state index in [4.69, 9.17) is 8.83 Å². The lowest BCUT2D eigenvalue weighted by atomic mass is 9.89. The van der Waals surface area contributed by atoms with E-state index in [1.54, 1.807) is 6.08 Å². The molecule has 0 bridgehead atoms. The highest BCUT2D eigenvalue weighted by atomic mass is 16.5. The van der Waals surface area contributed by atoms with Gasteiger partial charge in [-0.2, -0.15) is 0 Å². The van der Waals surface area contributed by atoms with Crippen LogP contribution < -0.4 is 16.6 Å². The number of methoxy groups -OCH3 is 1. The molecule has 1 aliphatic rings. The second-order valence-electron chi connectivity index (χ2n) is 11.0. The van der Waals surface area contributed by atoms with Crippen molar-refractivity contribution in [3.8, 4) is 0 Å². The lowest BCUT2D eigenvalue weighted by Gasteiger charge is -2.27. The predicted molar refractivity (Wildman–Crippen MR) is 174 cm³/mol. The summed E-state index contributed by atoms with van der Waals surface area (Å²) in [6.07, 6.45) is 7.38. The quantitative estimate of drug-likeness (QED) is 0.157. The summed E-state index contributed by atoms with van der Waals surface area (Å²) < 4.78 is 15.4. The molecule has 44 heavy (non-hydrogen) atoms. The van der Waals surface area contributed by atoms with Gasteiger partial charge in [-0.25, -0.2) is 14.4 Å². The van der Waals surface area contributed by atoms with E-state index < -0.39 is 17.6 Å². The van der Waals surface area contributed by atoms with E-state index in [2.05, 4.69) is 10.1 Å². The first-order valence-corrected chi connectivity index (χ1v) is 14.6. The highest BCUT2D eigenvalue weighted by molar-refractivity contribution is 6.05. The topological polar surface area (TPSA) is 119 Å². The van der Waals surface area contributed by atoms with E-state index in [1.165, 1.54) is 25.3 Å². The number of benzene rings is 2. The Morgan fingerprint density at radius 2 is 1.52 bits per heavy atom. The highest BCUT2D eigenvalue weighted by Gasteiger charge is 2.30. The molecule has 0 saturated heterocycles. The van der Waals surface area contributed by atoms with Crippen molar-refractivity contribution in [2.45, 2.75) is 52.6 Å². The number of rotatable bonds is 7. The second kappa shape index (κ2) is 13.7. The summed E-state index contributed by atoms with van der Waals surface area (Å²) in [6, 6.07) is 11.3. The highest BCUT2D eigenvalue weighted by Crippen LogP contribution is 2.34. The molecule has 0 aliphatic heterocycles. The Morgan fingerprint density at radius 3 is 2.09 bits per heavy atom. The Bertz CT molecular complexity index is 1890. The van der Waals surface area contributed by atoms with Crippen molar-refractivity contribution < 1.29 is 23.2 Å². The molecule has 1 N–H and O–H groups in total. The molecule has 0 fully saturated rings. The number of likely N-dealkylation sites (N-methyl/N-ethyl adjacent to an activating group) is 1. The third-order valence-electron chi connectivity index (χ3n) is 7.37. The smallest absolute Gasteiger partial charge is 0.345 e. The van der Waals surface area contributed by atoms with Crippen molar-refractivity contribution in [3.63, 3.8) is 0 Å². The van der Waals surface area contributed by atoms with Crippen LogP contribution in [-0.2, 0) is 27.2 Å². The van der Waals surface area contributed by atoms with Gasteiger partial charge in [-0.15, -0.1) is 0 Å². The number of hydrogen-bond donors (Lipinski definition) is 1. The summed E-state index contributed by atoms with van der Waals surface area (Å²) in [5.74, 6) is -0.541. The molecule has 0 spiro atoms. The average molecular weight is 599 g/mol. The Kier molecular flexibility index (Phi) is 10.0. The minimum atomic E-state index is -0.527. The molecule has 2 heterocycles. The van der Waals surface area contributed by atoms with Crippen LogP contribution in [0.3, 0.4) is 0 Å². The Labute approximate surface area is 255 Å². The number of hydrogen-bond acceptors (Lipinski definition) is 9. The SMILES string of the molecule is CCc1ccc2c(NC(C)C)c(/C=C\C(=O)OC)c(=O)oc2c1.CCc1ccc2c3c(c(=O)oc2c1)C=CC(=O)C3N(C)C. The van der Waals surface area contributed by atoms with Crippen LogP contribution in [0, 0.1) is 0 Å². The average Bonchev–Trinajstić information content (AvgIpc) is 2.99. The number of ketones is 1. The maximum atomic E-state index is 12.3. The van der Waals surface area contributed by atoms with Crippen molar-refractivity contribution in [1.82, 2.24) is 4.90 Å². The number of carbonyl (C=O) groups excluding carboxylic acids is 2.